The fourth-order valence-corrected chi connectivity index (χ4v) is 4.55. The van der Waals surface area contributed by atoms with Crippen LogP contribution in [0.1, 0.15) is 23.4 Å². The van der Waals surface area contributed by atoms with E-state index in [2.05, 4.69) is 37.2 Å². The first-order valence-electron chi connectivity index (χ1n) is 7.24. The molecule has 2 heterocycles. The largest absolute Gasteiger partial charge is 0.438 e. The maximum Gasteiger partial charge on any atom is 0.291 e. The molecule has 0 saturated carbocycles. The zero-order valence-corrected chi connectivity index (χ0v) is 16.4. The van der Waals surface area contributed by atoms with Gasteiger partial charge in [-0.25, -0.2) is 8.42 Å². The second-order valence-corrected chi connectivity index (χ2v) is 8.95. The van der Waals surface area contributed by atoms with Gasteiger partial charge in [0.15, 0.2) is 5.76 Å². The molecule has 24 heavy (non-hydrogen) atoms. The number of furan rings is 1. The normalized spacial score (nSPS) is 15.6. The minimum atomic E-state index is -3.67. The molecular weight excluding hydrogens is 464 g/mol. The third-order valence-corrected chi connectivity index (χ3v) is 6.60. The van der Waals surface area contributed by atoms with Crippen molar-refractivity contribution in [2.45, 2.75) is 17.9 Å². The van der Waals surface area contributed by atoms with Gasteiger partial charge in [0.2, 0.25) is 5.09 Å². The van der Waals surface area contributed by atoms with Crippen LogP contribution in [-0.2, 0) is 10.0 Å². The Hall–Kier alpha value is -1.16. The zero-order valence-electron chi connectivity index (χ0n) is 12.5. The lowest BCUT2D eigenvalue weighted by molar-refractivity contribution is 0.0991. The summed E-state index contributed by atoms with van der Waals surface area (Å²) in [5, 5.41) is 2.48. The molecular formula is C15H14Br2N2O4S. The molecule has 1 aliphatic rings. The van der Waals surface area contributed by atoms with Gasteiger partial charge in [-0.1, -0.05) is 15.9 Å². The van der Waals surface area contributed by atoms with E-state index in [0.29, 0.717) is 23.2 Å². The summed E-state index contributed by atoms with van der Waals surface area (Å²) in [7, 11) is -3.67. The van der Waals surface area contributed by atoms with Gasteiger partial charge in [-0.15, -0.1) is 0 Å². The van der Waals surface area contributed by atoms with Crippen molar-refractivity contribution in [3.8, 4) is 0 Å². The molecule has 0 radical (unpaired) electrons. The number of rotatable bonds is 4. The second kappa shape index (κ2) is 6.99. The molecule has 0 bridgehead atoms. The zero-order chi connectivity index (χ0) is 17.3. The third kappa shape index (κ3) is 3.58. The lowest BCUT2D eigenvalue weighted by atomic mass is 10.3. The van der Waals surface area contributed by atoms with Crippen LogP contribution in [0.5, 0.6) is 0 Å². The van der Waals surface area contributed by atoms with Gasteiger partial charge in [-0.3, -0.25) is 4.79 Å². The van der Waals surface area contributed by atoms with Crippen molar-refractivity contribution < 1.29 is 17.6 Å². The number of hydrogen-bond donors (Lipinski definition) is 1. The summed E-state index contributed by atoms with van der Waals surface area (Å²) in [4.78, 5) is 12.3. The van der Waals surface area contributed by atoms with Crippen LogP contribution in [0, 0.1) is 0 Å². The number of sulfonamides is 1. The van der Waals surface area contributed by atoms with Crippen LogP contribution in [0.15, 0.2) is 48.8 Å². The second-order valence-electron chi connectivity index (χ2n) is 5.31. The van der Waals surface area contributed by atoms with Crippen molar-refractivity contribution in [3.63, 3.8) is 0 Å². The highest BCUT2D eigenvalue weighted by Crippen LogP contribution is 2.27. The molecule has 9 heteroatoms. The summed E-state index contributed by atoms with van der Waals surface area (Å²) in [5.41, 5.74) is 0.551. The minimum Gasteiger partial charge on any atom is -0.438 e. The standard InChI is InChI=1S/C15H14Br2N2O4S/c16-10-3-4-11(17)12(9-10)18-15(20)13-5-6-14(23-13)24(21,22)19-7-1-2-8-19/h3-6,9H,1-2,7-8H2,(H,18,20). The van der Waals surface area contributed by atoms with E-state index < -0.39 is 15.9 Å². The van der Waals surface area contributed by atoms with E-state index >= 15 is 0 Å². The number of carbonyl (C=O) groups excluding carboxylic acids is 1. The quantitative estimate of drug-likeness (QED) is 0.725. The van der Waals surface area contributed by atoms with Gasteiger partial charge in [0.1, 0.15) is 0 Å². The van der Waals surface area contributed by atoms with Crippen LogP contribution in [0.2, 0.25) is 0 Å². The summed E-state index contributed by atoms with van der Waals surface area (Å²) in [6.07, 6.45) is 1.67. The Morgan fingerprint density at radius 1 is 1.12 bits per heavy atom. The molecule has 1 saturated heterocycles. The van der Waals surface area contributed by atoms with Crippen LogP contribution >= 0.6 is 31.9 Å². The number of benzene rings is 1. The Kier molecular flexibility index (Phi) is 5.14. The number of carbonyl (C=O) groups is 1. The van der Waals surface area contributed by atoms with Gasteiger partial charge in [0, 0.05) is 22.0 Å². The Morgan fingerprint density at radius 3 is 2.54 bits per heavy atom. The summed E-state index contributed by atoms with van der Waals surface area (Å²) in [6.45, 7) is 0.963. The van der Waals surface area contributed by atoms with Crippen molar-refractivity contribution in [2.75, 3.05) is 18.4 Å². The molecule has 128 valence electrons. The number of hydrogen-bond acceptors (Lipinski definition) is 4. The van der Waals surface area contributed by atoms with E-state index in [0.717, 1.165) is 17.3 Å². The van der Waals surface area contributed by atoms with Crippen LogP contribution in [0.3, 0.4) is 0 Å². The van der Waals surface area contributed by atoms with Crippen LogP contribution < -0.4 is 5.32 Å². The monoisotopic (exact) mass is 476 g/mol. The summed E-state index contributed by atoms with van der Waals surface area (Å²) >= 11 is 6.67. The molecule has 1 N–H and O–H groups in total. The van der Waals surface area contributed by atoms with Gasteiger partial charge in [-0.2, -0.15) is 4.31 Å². The maximum absolute atomic E-state index is 12.4. The molecule has 0 aliphatic carbocycles. The van der Waals surface area contributed by atoms with Crippen molar-refractivity contribution in [2.24, 2.45) is 0 Å². The predicted octanol–water partition coefficient (Wildman–Crippen LogP) is 3.84. The molecule has 1 amide bonds. The molecule has 1 aromatic heterocycles. The van der Waals surface area contributed by atoms with E-state index in [1.807, 2.05) is 6.07 Å². The number of amides is 1. The maximum atomic E-state index is 12.4. The lowest BCUT2D eigenvalue weighted by Crippen LogP contribution is -2.27. The number of nitrogens with one attached hydrogen (secondary N) is 1. The molecule has 0 spiro atoms. The smallest absolute Gasteiger partial charge is 0.291 e. The minimum absolute atomic E-state index is 0.0559. The molecule has 1 fully saturated rings. The molecule has 6 nitrogen and oxygen atoms in total. The van der Waals surface area contributed by atoms with E-state index in [1.54, 1.807) is 12.1 Å². The summed E-state index contributed by atoms with van der Waals surface area (Å²) < 4.78 is 33.0. The van der Waals surface area contributed by atoms with Crippen molar-refractivity contribution in [1.29, 1.82) is 0 Å². The fraction of sp³-hybridized carbons (Fsp3) is 0.267. The first-order valence-corrected chi connectivity index (χ1v) is 10.3. The molecule has 0 atom stereocenters. The van der Waals surface area contributed by atoms with Gasteiger partial charge < -0.3 is 9.73 Å². The number of anilines is 1. The fourth-order valence-electron chi connectivity index (χ4n) is 2.41. The highest BCUT2D eigenvalue weighted by molar-refractivity contribution is 9.11. The van der Waals surface area contributed by atoms with Gasteiger partial charge in [0.05, 0.1) is 5.69 Å². The van der Waals surface area contributed by atoms with Crippen molar-refractivity contribution in [3.05, 3.63) is 45.0 Å². The highest BCUT2D eigenvalue weighted by Gasteiger charge is 2.30. The summed E-state index contributed by atoms with van der Waals surface area (Å²) in [6, 6.07) is 8.02. The SMILES string of the molecule is O=C(Nc1cc(Br)ccc1Br)c1ccc(S(=O)(=O)N2CCCC2)o1. The van der Waals surface area contributed by atoms with Crippen LogP contribution in [0.25, 0.3) is 0 Å². The van der Waals surface area contributed by atoms with E-state index in [1.165, 1.54) is 16.4 Å². The lowest BCUT2D eigenvalue weighted by Gasteiger charge is -2.12. The average Bonchev–Trinajstić information content (AvgIpc) is 3.22. The van der Waals surface area contributed by atoms with Crippen LogP contribution in [-0.4, -0.2) is 31.7 Å². The van der Waals surface area contributed by atoms with Crippen molar-refractivity contribution >= 4 is 53.5 Å². The Labute approximate surface area is 156 Å². The van der Waals surface area contributed by atoms with Crippen LogP contribution in [0.4, 0.5) is 5.69 Å². The number of nitrogens with zero attached hydrogens (tertiary/aromatic N) is 1. The van der Waals surface area contributed by atoms with Gasteiger partial charge in [0.25, 0.3) is 15.9 Å². The highest BCUT2D eigenvalue weighted by atomic mass is 79.9. The van der Waals surface area contributed by atoms with Crippen molar-refractivity contribution in [1.82, 2.24) is 4.31 Å². The molecule has 0 unspecified atom stereocenters. The van der Waals surface area contributed by atoms with E-state index in [-0.39, 0.29) is 10.9 Å². The first-order chi connectivity index (χ1) is 11.4. The predicted molar refractivity (Wildman–Crippen MR) is 96.5 cm³/mol. The molecule has 2 aromatic rings. The Balaban J connectivity index is 1.80. The average molecular weight is 478 g/mol. The molecule has 1 aliphatic heterocycles. The van der Waals surface area contributed by atoms with E-state index in [9.17, 15) is 13.2 Å². The molecule has 1 aromatic carbocycles. The first kappa shape index (κ1) is 17.7. The van der Waals surface area contributed by atoms with E-state index in [4.69, 9.17) is 4.42 Å². The van der Waals surface area contributed by atoms with Gasteiger partial charge >= 0.3 is 0 Å². The number of halogens is 2. The van der Waals surface area contributed by atoms with Gasteiger partial charge in [-0.05, 0) is 59.1 Å². The Morgan fingerprint density at radius 2 is 1.83 bits per heavy atom. The summed E-state index contributed by atoms with van der Waals surface area (Å²) in [5.74, 6) is -0.573. The topological polar surface area (TPSA) is 79.6 Å². The molecule has 3 rings (SSSR count). The Bertz CT molecular complexity index is 873. The third-order valence-electron chi connectivity index (χ3n) is 3.64.